The summed E-state index contributed by atoms with van der Waals surface area (Å²) in [5.41, 5.74) is 1.41. The van der Waals surface area contributed by atoms with Gasteiger partial charge in [-0.05, 0) is 19.0 Å². The standard InChI is InChI=1S/C15H18N4O3/c1-2-3-7-16-10-12-9-14(17-18-15(12)20)11-5-4-6-13(8-11)19(21)22/h4-6,8-9,16H,2-3,7,10H2,1H3,(H,18,20). The van der Waals surface area contributed by atoms with Crippen molar-refractivity contribution in [3.63, 3.8) is 0 Å². The van der Waals surface area contributed by atoms with Gasteiger partial charge in [0.05, 0.1) is 10.6 Å². The van der Waals surface area contributed by atoms with Crippen LogP contribution in [0.2, 0.25) is 0 Å². The van der Waals surface area contributed by atoms with Crippen LogP contribution in [-0.2, 0) is 6.54 Å². The van der Waals surface area contributed by atoms with Crippen LogP contribution < -0.4 is 10.9 Å². The highest BCUT2D eigenvalue weighted by molar-refractivity contribution is 5.62. The highest BCUT2D eigenvalue weighted by atomic mass is 16.6. The third-order valence-electron chi connectivity index (χ3n) is 3.26. The Morgan fingerprint density at radius 3 is 2.91 bits per heavy atom. The second-order valence-electron chi connectivity index (χ2n) is 4.95. The van der Waals surface area contributed by atoms with E-state index in [0.717, 1.165) is 19.4 Å². The van der Waals surface area contributed by atoms with Gasteiger partial charge in [-0.15, -0.1) is 0 Å². The predicted octanol–water partition coefficient (Wildman–Crippen LogP) is 2.23. The smallest absolute Gasteiger partial charge is 0.270 e. The first-order chi connectivity index (χ1) is 10.6. The van der Waals surface area contributed by atoms with Crippen LogP contribution in [0.25, 0.3) is 11.3 Å². The minimum atomic E-state index is -0.456. The van der Waals surface area contributed by atoms with Gasteiger partial charge in [0.2, 0.25) is 0 Å². The topological polar surface area (TPSA) is 101 Å². The Hall–Kier alpha value is -2.54. The number of aromatic nitrogens is 2. The Kier molecular flexibility index (Phi) is 5.37. The average molecular weight is 302 g/mol. The van der Waals surface area contributed by atoms with Gasteiger partial charge in [-0.1, -0.05) is 25.5 Å². The Morgan fingerprint density at radius 2 is 2.18 bits per heavy atom. The van der Waals surface area contributed by atoms with E-state index in [2.05, 4.69) is 22.4 Å². The van der Waals surface area contributed by atoms with Gasteiger partial charge in [0.25, 0.3) is 11.2 Å². The summed E-state index contributed by atoms with van der Waals surface area (Å²) in [5, 5.41) is 20.4. The summed E-state index contributed by atoms with van der Waals surface area (Å²) < 4.78 is 0. The zero-order valence-corrected chi connectivity index (χ0v) is 12.3. The van der Waals surface area contributed by atoms with Crippen molar-refractivity contribution in [1.82, 2.24) is 15.5 Å². The second kappa shape index (κ2) is 7.46. The van der Waals surface area contributed by atoms with Crippen LogP contribution in [0.5, 0.6) is 0 Å². The first-order valence-corrected chi connectivity index (χ1v) is 7.16. The van der Waals surface area contributed by atoms with Crippen molar-refractivity contribution in [2.75, 3.05) is 6.54 Å². The molecule has 7 nitrogen and oxygen atoms in total. The number of rotatable bonds is 7. The summed E-state index contributed by atoms with van der Waals surface area (Å²) in [6.45, 7) is 3.38. The minimum Gasteiger partial charge on any atom is -0.312 e. The molecule has 0 spiro atoms. The highest BCUT2D eigenvalue weighted by Gasteiger charge is 2.10. The second-order valence-corrected chi connectivity index (χ2v) is 4.95. The molecule has 0 radical (unpaired) electrons. The van der Waals surface area contributed by atoms with Crippen LogP contribution in [0.15, 0.2) is 35.1 Å². The van der Waals surface area contributed by atoms with Crippen molar-refractivity contribution >= 4 is 5.69 Å². The van der Waals surface area contributed by atoms with Crippen molar-refractivity contribution in [3.8, 4) is 11.3 Å². The lowest BCUT2D eigenvalue weighted by Gasteiger charge is -2.05. The lowest BCUT2D eigenvalue weighted by Crippen LogP contribution is -2.22. The molecule has 2 N–H and O–H groups in total. The molecule has 0 aliphatic rings. The Labute approximate surface area is 127 Å². The highest BCUT2D eigenvalue weighted by Crippen LogP contribution is 2.21. The Balaban J connectivity index is 2.23. The number of hydrogen-bond acceptors (Lipinski definition) is 5. The van der Waals surface area contributed by atoms with E-state index in [1.54, 1.807) is 18.2 Å². The zero-order chi connectivity index (χ0) is 15.9. The summed E-state index contributed by atoms with van der Waals surface area (Å²) in [6, 6.07) is 7.84. The van der Waals surface area contributed by atoms with Gasteiger partial charge in [-0.3, -0.25) is 14.9 Å². The van der Waals surface area contributed by atoms with E-state index in [4.69, 9.17) is 0 Å². The van der Waals surface area contributed by atoms with Gasteiger partial charge in [0.1, 0.15) is 0 Å². The molecular formula is C15H18N4O3. The van der Waals surface area contributed by atoms with Crippen molar-refractivity contribution in [2.24, 2.45) is 0 Å². The molecular weight excluding hydrogens is 284 g/mol. The van der Waals surface area contributed by atoms with Gasteiger partial charge in [-0.25, -0.2) is 5.10 Å². The van der Waals surface area contributed by atoms with E-state index in [0.29, 0.717) is 23.4 Å². The summed E-state index contributed by atoms with van der Waals surface area (Å²) in [7, 11) is 0. The van der Waals surface area contributed by atoms with E-state index in [-0.39, 0.29) is 11.2 Å². The third kappa shape index (κ3) is 3.98. The average Bonchev–Trinajstić information content (AvgIpc) is 2.53. The first-order valence-electron chi connectivity index (χ1n) is 7.16. The quantitative estimate of drug-likeness (QED) is 0.464. The van der Waals surface area contributed by atoms with E-state index >= 15 is 0 Å². The van der Waals surface area contributed by atoms with Crippen molar-refractivity contribution in [1.29, 1.82) is 0 Å². The van der Waals surface area contributed by atoms with E-state index in [1.807, 2.05) is 0 Å². The first kappa shape index (κ1) is 15.8. The molecule has 0 aliphatic heterocycles. The fraction of sp³-hybridized carbons (Fsp3) is 0.333. The van der Waals surface area contributed by atoms with Crippen molar-refractivity contribution in [2.45, 2.75) is 26.3 Å². The predicted molar refractivity (Wildman–Crippen MR) is 83.6 cm³/mol. The lowest BCUT2D eigenvalue weighted by molar-refractivity contribution is -0.384. The maximum absolute atomic E-state index is 11.8. The molecule has 0 aliphatic carbocycles. The molecule has 7 heteroatoms. The summed E-state index contributed by atoms with van der Waals surface area (Å²) in [6.07, 6.45) is 2.12. The van der Waals surface area contributed by atoms with Crippen molar-refractivity contribution < 1.29 is 4.92 Å². The molecule has 0 saturated heterocycles. The summed E-state index contributed by atoms with van der Waals surface area (Å²) >= 11 is 0. The number of nitro benzene ring substituents is 1. The molecule has 0 amide bonds. The molecule has 1 heterocycles. The number of hydrogen-bond donors (Lipinski definition) is 2. The number of nitrogens with one attached hydrogen (secondary N) is 2. The fourth-order valence-corrected chi connectivity index (χ4v) is 2.03. The molecule has 2 aromatic rings. The maximum Gasteiger partial charge on any atom is 0.270 e. The number of H-pyrrole nitrogens is 1. The van der Waals surface area contributed by atoms with Crippen LogP contribution >= 0.6 is 0 Å². The number of benzene rings is 1. The Bertz CT molecular complexity index is 712. The third-order valence-corrected chi connectivity index (χ3v) is 3.26. The van der Waals surface area contributed by atoms with Gasteiger partial charge < -0.3 is 5.32 Å². The molecule has 0 atom stereocenters. The monoisotopic (exact) mass is 302 g/mol. The van der Waals surface area contributed by atoms with Crippen LogP contribution in [-0.4, -0.2) is 21.7 Å². The lowest BCUT2D eigenvalue weighted by atomic mass is 10.1. The van der Waals surface area contributed by atoms with Gasteiger partial charge in [0, 0.05) is 29.8 Å². The van der Waals surface area contributed by atoms with Gasteiger partial charge in [-0.2, -0.15) is 5.10 Å². The van der Waals surface area contributed by atoms with Gasteiger partial charge in [0.15, 0.2) is 0 Å². The molecule has 1 aromatic heterocycles. The van der Waals surface area contributed by atoms with Crippen LogP contribution in [0.3, 0.4) is 0 Å². The number of aromatic amines is 1. The largest absolute Gasteiger partial charge is 0.312 e. The zero-order valence-electron chi connectivity index (χ0n) is 12.3. The van der Waals surface area contributed by atoms with E-state index < -0.39 is 4.92 Å². The number of nitrogens with zero attached hydrogens (tertiary/aromatic N) is 2. The SMILES string of the molecule is CCCCNCc1cc(-c2cccc([N+](=O)[O-])c2)n[nH]c1=O. The number of unbranched alkanes of at least 4 members (excludes halogenated alkanes) is 1. The molecule has 0 fully saturated rings. The van der Waals surface area contributed by atoms with Crippen LogP contribution in [0, 0.1) is 10.1 Å². The normalized spacial score (nSPS) is 10.6. The fourth-order valence-electron chi connectivity index (χ4n) is 2.03. The molecule has 0 unspecified atom stereocenters. The molecule has 22 heavy (non-hydrogen) atoms. The maximum atomic E-state index is 11.8. The van der Waals surface area contributed by atoms with Crippen LogP contribution in [0.1, 0.15) is 25.3 Å². The number of nitro groups is 1. The van der Waals surface area contributed by atoms with E-state index in [9.17, 15) is 14.9 Å². The molecule has 116 valence electrons. The van der Waals surface area contributed by atoms with Crippen molar-refractivity contribution in [3.05, 3.63) is 56.4 Å². The van der Waals surface area contributed by atoms with Gasteiger partial charge >= 0.3 is 0 Å². The molecule has 0 bridgehead atoms. The summed E-state index contributed by atoms with van der Waals surface area (Å²) in [4.78, 5) is 22.1. The Morgan fingerprint density at radius 1 is 1.36 bits per heavy atom. The minimum absolute atomic E-state index is 0.00637. The molecule has 2 rings (SSSR count). The molecule has 1 aromatic carbocycles. The summed E-state index contributed by atoms with van der Waals surface area (Å²) in [5.74, 6) is 0. The number of non-ortho nitro benzene ring substituents is 1. The molecule has 0 saturated carbocycles. The van der Waals surface area contributed by atoms with E-state index in [1.165, 1.54) is 12.1 Å². The van der Waals surface area contributed by atoms with Crippen LogP contribution in [0.4, 0.5) is 5.69 Å².